The molecule has 0 bridgehead atoms. The third-order valence-corrected chi connectivity index (χ3v) is 3.16. The minimum Gasteiger partial charge on any atom is -0.382 e. The van der Waals surface area contributed by atoms with Crippen molar-refractivity contribution in [1.29, 1.82) is 0 Å². The van der Waals surface area contributed by atoms with Crippen LogP contribution in [0.4, 0.5) is 11.4 Å². The monoisotopic (exact) mass is 289 g/mol. The number of fused-ring (bicyclic) bond motifs is 1. The van der Waals surface area contributed by atoms with Gasteiger partial charge in [-0.3, -0.25) is 15.1 Å². The number of hydrogen-bond acceptors (Lipinski definition) is 5. The average molecular weight is 289 g/mol. The van der Waals surface area contributed by atoms with Crippen molar-refractivity contribution >= 4 is 22.3 Å². The lowest BCUT2D eigenvalue weighted by Gasteiger charge is -2.15. The van der Waals surface area contributed by atoms with Crippen molar-refractivity contribution in [2.45, 2.75) is 26.9 Å². The number of nitro groups is 1. The molecule has 21 heavy (non-hydrogen) atoms. The van der Waals surface area contributed by atoms with Crippen molar-refractivity contribution in [3.8, 4) is 0 Å². The fourth-order valence-electron chi connectivity index (χ4n) is 2.20. The van der Waals surface area contributed by atoms with Crippen LogP contribution in [0.5, 0.6) is 0 Å². The molecule has 0 saturated carbocycles. The fraction of sp³-hybridized carbons (Fsp3) is 0.400. The van der Waals surface area contributed by atoms with Gasteiger partial charge in [-0.25, -0.2) is 0 Å². The predicted octanol–water partition coefficient (Wildman–Crippen LogP) is 3.29. The van der Waals surface area contributed by atoms with E-state index in [9.17, 15) is 10.1 Å². The Hall–Kier alpha value is -2.21. The van der Waals surface area contributed by atoms with Crippen molar-refractivity contribution < 1.29 is 9.66 Å². The van der Waals surface area contributed by atoms with E-state index in [-0.39, 0.29) is 11.8 Å². The van der Waals surface area contributed by atoms with Crippen LogP contribution in [0.3, 0.4) is 0 Å². The zero-order valence-corrected chi connectivity index (χ0v) is 12.4. The first-order valence-corrected chi connectivity index (χ1v) is 6.92. The van der Waals surface area contributed by atoms with Gasteiger partial charge in [0.15, 0.2) is 0 Å². The molecule has 1 heterocycles. The molecule has 0 aliphatic carbocycles. The fourth-order valence-corrected chi connectivity index (χ4v) is 2.20. The van der Waals surface area contributed by atoms with Gasteiger partial charge >= 0.3 is 0 Å². The summed E-state index contributed by atoms with van der Waals surface area (Å²) in [6.07, 6.45) is 0.0669. The molecule has 0 aliphatic heterocycles. The van der Waals surface area contributed by atoms with Gasteiger partial charge in [0, 0.05) is 42.1 Å². The molecule has 112 valence electrons. The van der Waals surface area contributed by atoms with E-state index in [1.165, 1.54) is 6.07 Å². The average Bonchev–Trinajstić information content (AvgIpc) is 2.44. The number of anilines is 1. The van der Waals surface area contributed by atoms with Crippen LogP contribution in [-0.2, 0) is 4.74 Å². The van der Waals surface area contributed by atoms with E-state index in [2.05, 4.69) is 10.3 Å². The molecule has 0 aliphatic rings. The number of ether oxygens (including phenoxy) is 1. The Morgan fingerprint density at radius 1 is 1.43 bits per heavy atom. The summed E-state index contributed by atoms with van der Waals surface area (Å²) in [6, 6.07) is 6.60. The van der Waals surface area contributed by atoms with Crippen molar-refractivity contribution in [2.24, 2.45) is 0 Å². The number of benzene rings is 1. The number of aryl methyl sites for hydroxylation is 1. The largest absolute Gasteiger partial charge is 0.382 e. The first-order chi connectivity index (χ1) is 10.0. The Labute approximate surface area is 123 Å². The highest BCUT2D eigenvalue weighted by atomic mass is 16.6. The molecule has 1 atom stereocenters. The zero-order valence-electron chi connectivity index (χ0n) is 12.4. The molecular weight excluding hydrogens is 270 g/mol. The van der Waals surface area contributed by atoms with Gasteiger partial charge < -0.3 is 10.1 Å². The highest BCUT2D eigenvalue weighted by Gasteiger charge is 2.11. The first-order valence-electron chi connectivity index (χ1n) is 6.92. The third kappa shape index (κ3) is 3.66. The maximum atomic E-state index is 10.9. The minimum absolute atomic E-state index is 0.0639. The normalized spacial score (nSPS) is 12.3. The molecule has 6 heteroatoms. The van der Waals surface area contributed by atoms with E-state index in [1.54, 1.807) is 12.1 Å². The van der Waals surface area contributed by atoms with E-state index >= 15 is 0 Å². The van der Waals surface area contributed by atoms with Gasteiger partial charge in [-0.15, -0.1) is 0 Å². The van der Waals surface area contributed by atoms with Crippen molar-refractivity contribution in [3.05, 3.63) is 40.1 Å². The van der Waals surface area contributed by atoms with Crippen molar-refractivity contribution in [2.75, 3.05) is 18.5 Å². The number of nitro benzene ring substituents is 1. The van der Waals surface area contributed by atoms with E-state index in [1.807, 2.05) is 26.8 Å². The number of non-ortho nitro benzene ring substituents is 1. The molecule has 2 aromatic rings. The van der Waals surface area contributed by atoms with Crippen LogP contribution < -0.4 is 5.32 Å². The Bertz CT molecular complexity index is 658. The van der Waals surface area contributed by atoms with E-state index in [4.69, 9.17) is 4.74 Å². The molecule has 1 unspecified atom stereocenters. The first kappa shape index (κ1) is 15.2. The lowest BCUT2D eigenvalue weighted by atomic mass is 10.1. The van der Waals surface area contributed by atoms with Crippen LogP contribution in [0.25, 0.3) is 10.9 Å². The maximum Gasteiger partial charge on any atom is 0.270 e. The summed E-state index contributed by atoms with van der Waals surface area (Å²) in [4.78, 5) is 14.9. The summed E-state index contributed by atoms with van der Waals surface area (Å²) in [6.45, 7) is 7.12. The summed E-state index contributed by atoms with van der Waals surface area (Å²) in [5.41, 5.74) is 2.51. The molecule has 0 saturated heterocycles. The summed E-state index contributed by atoms with van der Waals surface area (Å²) in [5.74, 6) is 0. The summed E-state index contributed by atoms with van der Waals surface area (Å²) in [7, 11) is 0. The van der Waals surface area contributed by atoms with E-state index in [0.717, 1.165) is 22.3 Å². The standard InChI is InChI=1S/C15H19N3O3/c1-4-21-11(3)9-16-15-7-10(2)17-14-6-5-12(18(19)20)8-13(14)15/h5-8,11H,4,9H2,1-3H3,(H,16,17). The second-order valence-electron chi connectivity index (χ2n) is 4.92. The smallest absolute Gasteiger partial charge is 0.270 e. The maximum absolute atomic E-state index is 10.9. The number of nitrogens with one attached hydrogen (secondary N) is 1. The van der Waals surface area contributed by atoms with E-state index in [0.29, 0.717) is 13.2 Å². The molecule has 0 spiro atoms. The van der Waals surface area contributed by atoms with Crippen molar-refractivity contribution in [1.82, 2.24) is 4.98 Å². The van der Waals surface area contributed by atoms with Crippen molar-refractivity contribution in [3.63, 3.8) is 0 Å². The molecule has 1 aromatic heterocycles. The Morgan fingerprint density at radius 3 is 2.86 bits per heavy atom. The predicted molar refractivity (Wildman–Crippen MR) is 82.7 cm³/mol. The molecule has 0 amide bonds. The second-order valence-corrected chi connectivity index (χ2v) is 4.92. The molecule has 6 nitrogen and oxygen atoms in total. The summed E-state index contributed by atoms with van der Waals surface area (Å²) in [5, 5.41) is 15.0. The van der Waals surface area contributed by atoms with Crippen LogP contribution in [0.2, 0.25) is 0 Å². The van der Waals surface area contributed by atoms with Gasteiger partial charge in [0.05, 0.1) is 16.5 Å². The van der Waals surface area contributed by atoms with Gasteiger partial charge in [0.2, 0.25) is 0 Å². The molecule has 1 aromatic carbocycles. The van der Waals surface area contributed by atoms with Crippen LogP contribution in [0.15, 0.2) is 24.3 Å². The quantitative estimate of drug-likeness (QED) is 0.652. The number of hydrogen-bond donors (Lipinski definition) is 1. The van der Waals surface area contributed by atoms with Crippen LogP contribution in [-0.4, -0.2) is 29.2 Å². The van der Waals surface area contributed by atoms with Gasteiger partial charge in [-0.1, -0.05) is 0 Å². The van der Waals surface area contributed by atoms with Crippen LogP contribution >= 0.6 is 0 Å². The van der Waals surface area contributed by atoms with Crippen LogP contribution in [0, 0.1) is 17.0 Å². The number of nitrogens with zero attached hydrogens (tertiary/aromatic N) is 2. The third-order valence-electron chi connectivity index (χ3n) is 3.16. The molecule has 0 fully saturated rings. The Kier molecular flexibility index (Phi) is 4.70. The highest BCUT2D eigenvalue weighted by molar-refractivity contribution is 5.93. The number of rotatable bonds is 6. The van der Waals surface area contributed by atoms with Gasteiger partial charge in [-0.05, 0) is 32.9 Å². The van der Waals surface area contributed by atoms with Gasteiger partial charge in [0.25, 0.3) is 5.69 Å². The topological polar surface area (TPSA) is 77.3 Å². The molecule has 2 rings (SSSR count). The highest BCUT2D eigenvalue weighted by Crippen LogP contribution is 2.27. The summed E-state index contributed by atoms with van der Waals surface area (Å²) < 4.78 is 5.48. The zero-order chi connectivity index (χ0) is 15.4. The second kappa shape index (κ2) is 6.49. The van der Waals surface area contributed by atoms with Gasteiger partial charge in [-0.2, -0.15) is 0 Å². The minimum atomic E-state index is -0.397. The molecular formula is C15H19N3O3. The Balaban J connectivity index is 2.36. The van der Waals surface area contributed by atoms with E-state index < -0.39 is 4.92 Å². The number of pyridine rings is 1. The number of aromatic nitrogens is 1. The van der Waals surface area contributed by atoms with Gasteiger partial charge in [0.1, 0.15) is 0 Å². The molecule has 1 N–H and O–H groups in total. The summed E-state index contributed by atoms with van der Waals surface area (Å²) >= 11 is 0. The lowest BCUT2D eigenvalue weighted by molar-refractivity contribution is -0.384. The molecule has 0 radical (unpaired) electrons. The van der Waals surface area contributed by atoms with Crippen LogP contribution in [0.1, 0.15) is 19.5 Å². The Morgan fingerprint density at radius 2 is 2.19 bits per heavy atom. The SMILES string of the molecule is CCOC(C)CNc1cc(C)nc2ccc([N+](=O)[O-])cc12. The lowest BCUT2D eigenvalue weighted by Crippen LogP contribution is -2.20.